The summed E-state index contributed by atoms with van der Waals surface area (Å²) in [7, 11) is -3.57. The third kappa shape index (κ3) is 8.66. The Morgan fingerprint density at radius 3 is 2.15 bits per heavy atom. The first kappa shape index (κ1) is 28.3. The highest BCUT2D eigenvalue weighted by molar-refractivity contribution is 7.91. The molecule has 3 atom stereocenters. The topological polar surface area (TPSA) is 114 Å². The summed E-state index contributed by atoms with van der Waals surface area (Å²) in [6.45, 7) is 0.747. The minimum Gasteiger partial charge on any atom is -0.445 e. The van der Waals surface area contributed by atoms with Crippen molar-refractivity contribution in [1.29, 1.82) is 0 Å². The Labute approximate surface area is 230 Å². The van der Waals surface area contributed by atoms with Crippen molar-refractivity contribution in [2.75, 3.05) is 12.3 Å². The van der Waals surface area contributed by atoms with Crippen molar-refractivity contribution in [3.8, 4) is 0 Å². The minimum absolute atomic E-state index is 0.0817. The van der Waals surface area contributed by atoms with E-state index in [9.17, 15) is 18.0 Å². The van der Waals surface area contributed by atoms with Crippen LogP contribution in [0.1, 0.15) is 30.4 Å². The Morgan fingerprint density at radius 1 is 0.872 bits per heavy atom. The minimum atomic E-state index is -3.57. The van der Waals surface area contributed by atoms with Gasteiger partial charge in [0.1, 0.15) is 12.6 Å². The molecule has 4 rings (SSSR count). The van der Waals surface area contributed by atoms with Crippen molar-refractivity contribution in [3.05, 3.63) is 102 Å². The third-order valence-electron chi connectivity index (χ3n) is 6.77. The maximum Gasteiger partial charge on any atom is 0.408 e. The van der Waals surface area contributed by atoms with Crippen molar-refractivity contribution in [2.24, 2.45) is 0 Å². The fourth-order valence-electron chi connectivity index (χ4n) is 4.68. The van der Waals surface area contributed by atoms with Crippen LogP contribution < -0.4 is 16.0 Å². The van der Waals surface area contributed by atoms with E-state index in [1.807, 2.05) is 60.7 Å². The Bertz CT molecular complexity index is 1300. The van der Waals surface area contributed by atoms with E-state index in [-0.39, 0.29) is 29.6 Å². The van der Waals surface area contributed by atoms with Gasteiger partial charge in [-0.2, -0.15) is 0 Å². The lowest BCUT2D eigenvalue weighted by Gasteiger charge is -2.29. The molecule has 3 aromatic carbocycles. The number of amides is 2. The highest BCUT2D eigenvalue weighted by atomic mass is 32.2. The van der Waals surface area contributed by atoms with Gasteiger partial charge in [-0.3, -0.25) is 4.79 Å². The number of ether oxygens (including phenoxy) is 1. The van der Waals surface area contributed by atoms with E-state index >= 15 is 0 Å². The number of nitrogens with one attached hydrogen (secondary N) is 3. The number of hydrogen-bond acceptors (Lipinski definition) is 6. The van der Waals surface area contributed by atoms with Crippen LogP contribution in [0.4, 0.5) is 4.79 Å². The van der Waals surface area contributed by atoms with Crippen molar-refractivity contribution < 1.29 is 22.7 Å². The molecule has 0 spiro atoms. The Kier molecular flexibility index (Phi) is 10.1. The zero-order valence-electron chi connectivity index (χ0n) is 21.8. The van der Waals surface area contributed by atoms with Gasteiger partial charge in [-0.05, 0) is 42.6 Å². The first-order valence-electron chi connectivity index (χ1n) is 13.2. The average molecular weight is 550 g/mol. The second-order valence-corrected chi connectivity index (χ2v) is 11.7. The van der Waals surface area contributed by atoms with Crippen molar-refractivity contribution in [1.82, 2.24) is 16.0 Å². The highest BCUT2D eigenvalue weighted by Crippen LogP contribution is 2.17. The van der Waals surface area contributed by atoms with Crippen LogP contribution in [0.3, 0.4) is 0 Å². The number of alkyl carbamates (subject to hydrolysis) is 1. The summed E-state index contributed by atoms with van der Waals surface area (Å²) >= 11 is 0. The standard InChI is InChI=1S/C30H35N3O5S/c34-29(32-26-18-10-11-19-31-28(26)22-39(36,37)25-16-8-3-9-17-25)27(20-23-12-4-1-5-13-23)33-30(35)38-21-24-14-6-2-7-15-24/h1-9,12-17,26-28,31H,10-11,18-22H2,(H,32,34)(H,33,35)/t26-,27-,28?/m0/s1. The van der Waals surface area contributed by atoms with E-state index in [1.54, 1.807) is 30.3 Å². The number of carbonyl (C=O) groups excluding carboxylic acids is 2. The number of carbonyl (C=O) groups is 2. The molecular weight excluding hydrogens is 514 g/mol. The Hall–Kier alpha value is -3.69. The molecule has 9 heteroatoms. The first-order valence-corrected chi connectivity index (χ1v) is 14.9. The zero-order valence-corrected chi connectivity index (χ0v) is 22.6. The summed E-state index contributed by atoms with van der Waals surface area (Å²) in [5.41, 5.74) is 1.71. The second-order valence-electron chi connectivity index (χ2n) is 9.71. The van der Waals surface area contributed by atoms with Gasteiger partial charge in [0.2, 0.25) is 5.91 Å². The van der Waals surface area contributed by atoms with E-state index in [1.165, 1.54) is 0 Å². The molecule has 0 bridgehead atoms. The third-order valence-corrected chi connectivity index (χ3v) is 8.56. The maximum atomic E-state index is 13.6. The molecule has 39 heavy (non-hydrogen) atoms. The van der Waals surface area contributed by atoms with Crippen LogP contribution in [0.15, 0.2) is 95.9 Å². The van der Waals surface area contributed by atoms with Crippen molar-refractivity contribution >= 4 is 21.8 Å². The van der Waals surface area contributed by atoms with Gasteiger partial charge < -0.3 is 20.7 Å². The summed E-state index contributed by atoms with van der Waals surface area (Å²) in [5, 5.41) is 9.09. The van der Waals surface area contributed by atoms with Gasteiger partial charge in [0, 0.05) is 18.5 Å². The Balaban J connectivity index is 1.46. The molecule has 2 amide bonds. The number of benzene rings is 3. The molecule has 0 aliphatic carbocycles. The van der Waals surface area contributed by atoms with Crippen LogP contribution in [-0.4, -0.2) is 50.8 Å². The lowest BCUT2D eigenvalue weighted by atomic mass is 10.0. The van der Waals surface area contributed by atoms with E-state index in [2.05, 4.69) is 16.0 Å². The molecule has 0 radical (unpaired) electrons. The van der Waals surface area contributed by atoms with Gasteiger partial charge in [0.05, 0.1) is 10.6 Å². The summed E-state index contributed by atoms with van der Waals surface area (Å²) in [4.78, 5) is 26.5. The zero-order chi connectivity index (χ0) is 27.5. The van der Waals surface area contributed by atoms with Gasteiger partial charge in [0.15, 0.2) is 9.84 Å². The van der Waals surface area contributed by atoms with Gasteiger partial charge >= 0.3 is 6.09 Å². The molecule has 1 aliphatic heterocycles. The SMILES string of the molecule is O=C(N[C@@H](Cc1ccccc1)C(=O)N[C@H]1CCCCNC1CS(=O)(=O)c1ccccc1)OCc1ccccc1. The number of hydrogen-bond donors (Lipinski definition) is 3. The lowest BCUT2D eigenvalue weighted by Crippen LogP contribution is -2.57. The first-order chi connectivity index (χ1) is 18.9. The van der Waals surface area contributed by atoms with Crippen LogP contribution in [0, 0.1) is 0 Å². The molecule has 1 unspecified atom stereocenters. The summed E-state index contributed by atoms with van der Waals surface area (Å²) < 4.78 is 31.6. The van der Waals surface area contributed by atoms with Crippen LogP contribution in [0.2, 0.25) is 0 Å². The predicted octanol–water partition coefficient (Wildman–Crippen LogP) is 3.62. The largest absolute Gasteiger partial charge is 0.445 e. The molecular formula is C30H35N3O5S. The normalized spacial score (nSPS) is 18.4. The van der Waals surface area contributed by atoms with Crippen molar-refractivity contribution in [3.63, 3.8) is 0 Å². The number of rotatable bonds is 10. The molecule has 206 valence electrons. The number of sulfone groups is 1. The quantitative estimate of drug-likeness (QED) is 0.356. The fourth-order valence-corrected chi connectivity index (χ4v) is 6.27. The van der Waals surface area contributed by atoms with Crippen LogP contribution >= 0.6 is 0 Å². The molecule has 1 aliphatic rings. The molecule has 0 aromatic heterocycles. The van der Waals surface area contributed by atoms with E-state index in [0.717, 1.165) is 24.0 Å². The molecule has 1 fully saturated rings. The second kappa shape index (κ2) is 13.9. The monoisotopic (exact) mass is 549 g/mol. The van der Waals surface area contributed by atoms with E-state index in [0.29, 0.717) is 13.0 Å². The Morgan fingerprint density at radius 2 is 1.49 bits per heavy atom. The van der Waals surface area contributed by atoms with Crippen molar-refractivity contribution in [2.45, 2.75) is 55.3 Å². The summed E-state index contributed by atoms with van der Waals surface area (Å²) in [6, 6.07) is 25.3. The van der Waals surface area contributed by atoms with Crippen LogP contribution in [-0.2, 0) is 32.4 Å². The van der Waals surface area contributed by atoms with Crippen LogP contribution in [0.25, 0.3) is 0 Å². The average Bonchev–Trinajstić information content (AvgIpc) is 3.17. The highest BCUT2D eigenvalue weighted by Gasteiger charge is 2.32. The molecule has 3 aromatic rings. The summed E-state index contributed by atoms with van der Waals surface area (Å²) in [6.07, 6.45) is 1.92. The van der Waals surface area contributed by atoms with E-state index in [4.69, 9.17) is 4.74 Å². The van der Waals surface area contributed by atoms with Gasteiger partial charge in [-0.25, -0.2) is 13.2 Å². The van der Waals surface area contributed by atoms with Gasteiger partial charge in [-0.15, -0.1) is 0 Å². The molecule has 3 N–H and O–H groups in total. The van der Waals surface area contributed by atoms with Crippen LogP contribution in [0.5, 0.6) is 0 Å². The lowest BCUT2D eigenvalue weighted by molar-refractivity contribution is -0.124. The molecule has 1 heterocycles. The molecule has 8 nitrogen and oxygen atoms in total. The summed E-state index contributed by atoms with van der Waals surface area (Å²) in [5.74, 6) is -0.524. The predicted molar refractivity (Wildman–Crippen MR) is 150 cm³/mol. The van der Waals surface area contributed by atoms with E-state index < -0.39 is 34.1 Å². The van der Waals surface area contributed by atoms with Gasteiger partial charge in [-0.1, -0.05) is 85.3 Å². The maximum absolute atomic E-state index is 13.6. The van der Waals surface area contributed by atoms with Gasteiger partial charge in [0.25, 0.3) is 0 Å². The molecule has 1 saturated heterocycles. The smallest absolute Gasteiger partial charge is 0.408 e. The molecule has 0 saturated carbocycles. The fraction of sp³-hybridized carbons (Fsp3) is 0.333.